The van der Waals surface area contributed by atoms with E-state index in [1.165, 1.54) is 4.90 Å². The van der Waals surface area contributed by atoms with Crippen LogP contribution in [0.15, 0.2) is 42.1 Å². The number of para-hydroxylation sites is 1. The summed E-state index contributed by atoms with van der Waals surface area (Å²) < 4.78 is 5.32. The van der Waals surface area contributed by atoms with Gasteiger partial charge >= 0.3 is 12.1 Å². The number of carboxylic acids is 1. The SMILES string of the molecule is CC(C)(C)OC(=O)N1CC(Nc2ccccc2)=CC[C@@H]1C(=O)O. The fourth-order valence-electron chi connectivity index (χ4n) is 2.28. The van der Waals surface area contributed by atoms with Gasteiger partial charge in [-0.2, -0.15) is 0 Å². The zero-order chi connectivity index (χ0) is 17.0. The molecule has 1 amide bonds. The molecule has 2 N–H and O–H groups in total. The van der Waals surface area contributed by atoms with Gasteiger partial charge in [0.1, 0.15) is 11.6 Å². The Morgan fingerprint density at radius 1 is 1.26 bits per heavy atom. The van der Waals surface area contributed by atoms with Crippen LogP contribution in [0.3, 0.4) is 0 Å². The number of nitrogens with one attached hydrogen (secondary N) is 1. The molecule has 1 heterocycles. The summed E-state index contributed by atoms with van der Waals surface area (Å²) in [4.78, 5) is 25.0. The minimum Gasteiger partial charge on any atom is -0.480 e. The topological polar surface area (TPSA) is 78.9 Å². The van der Waals surface area contributed by atoms with Crippen LogP contribution in [0.2, 0.25) is 0 Å². The van der Waals surface area contributed by atoms with Crippen LogP contribution in [0.25, 0.3) is 0 Å². The standard InChI is InChI=1S/C17H22N2O4/c1-17(2,3)23-16(22)19-11-13(9-10-14(19)15(20)21)18-12-7-5-4-6-8-12/h4-9,14,18H,10-11H2,1-3H3,(H,20,21)/t14-/m1/s1. The number of aliphatic carboxylic acids is 1. The Morgan fingerprint density at radius 3 is 2.48 bits per heavy atom. The number of carbonyl (C=O) groups excluding carboxylic acids is 1. The third-order valence-corrected chi connectivity index (χ3v) is 3.30. The second-order valence-electron chi connectivity index (χ2n) is 6.42. The van der Waals surface area contributed by atoms with Crippen molar-refractivity contribution in [2.75, 3.05) is 11.9 Å². The summed E-state index contributed by atoms with van der Waals surface area (Å²) in [6.45, 7) is 5.43. The average Bonchev–Trinajstić information content (AvgIpc) is 2.46. The molecule has 1 aromatic carbocycles. The molecule has 124 valence electrons. The maximum absolute atomic E-state index is 12.3. The van der Waals surface area contributed by atoms with Gasteiger partial charge in [0.05, 0.1) is 6.54 Å². The summed E-state index contributed by atoms with van der Waals surface area (Å²) in [5, 5.41) is 12.5. The molecular weight excluding hydrogens is 296 g/mol. The van der Waals surface area contributed by atoms with Crippen LogP contribution in [0.1, 0.15) is 27.2 Å². The Bertz CT molecular complexity index is 605. The summed E-state index contributed by atoms with van der Waals surface area (Å²) in [5.41, 5.74) is 0.991. The highest BCUT2D eigenvalue weighted by molar-refractivity contribution is 5.81. The Hall–Kier alpha value is -2.50. The van der Waals surface area contributed by atoms with Crippen molar-refractivity contribution in [1.82, 2.24) is 4.90 Å². The highest BCUT2D eigenvalue weighted by Crippen LogP contribution is 2.21. The number of carboxylic acid groups (broad SMARTS) is 1. The molecule has 0 aromatic heterocycles. The minimum atomic E-state index is -1.04. The number of nitrogens with zero attached hydrogens (tertiary/aromatic N) is 1. The van der Waals surface area contributed by atoms with Gasteiger partial charge in [-0.1, -0.05) is 24.3 Å². The molecule has 0 bridgehead atoms. The number of carbonyl (C=O) groups is 2. The highest BCUT2D eigenvalue weighted by atomic mass is 16.6. The van der Waals surface area contributed by atoms with Crippen molar-refractivity contribution < 1.29 is 19.4 Å². The van der Waals surface area contributed by atoms with Crippen LogP contribution in [-0.2, 0) is 9.53 Å². The lowest BCUT2D eigenvalue weighted by molar-refractivity contribution is -0.143. The van der Waals surface area contributed by atoms with Gasteiger partial charge in [0, 0.05) is 11.4 Å². The summed E-state index contributed by atoms with van der Waals surface area (Å²) in [5.74, 6) is -1.04. The smallest absolute Gasteiger partial charge is 0.411 e. The zero-order valence-electron chi connectivity index (χ0n) is 13.6. The van der Waals surface area contributed by atoms with Crippen LogP contribution in [0.4, 0.5) is 10.5 Å². The molecule has 0 radical (unpaired) electrons. The molecule has 1 aliphatic heterocycles. The molecule has 6 nitrogen and oxygen atoms in total. The second kappa shape index (κ2) is 6.73. The molecule has 0 unspecified atom stereocenters. The van der Waals surface area contributed by atoms with E-state index in [1.54, 1.807) is 20.8 Å². The second-order valence-corrected chi connectivity index (χ2v) is 6.42. The van der Waals surface area contributed by atoms with Crippen LogP contribution in [-0.4, -0.2) is 40.3 Å². The number of ether oxygens (including phenoxy) is 1. The highest BCUT2D eigenvalue weighted by Gasteiger charge is 2.35. The Morgan fingerprint density at radius 2 is 1.91 bits per heavy atom. The predicted octanol–water partition coefficient (Wildman–Crippen LogP) is 3.08. The fraction of sp³-hybridized carbons (Fsp3) is 0.412. The third kappa shape index (κ3) is 4.74. The largest absolute Gasteiger partial charge is 0.480 e. The van der Waals surface area contributed by atoms with Crippen molar-refractivity contribution in [2.45, 2.75) is 38.8 Å². The molecule has 2 rings (SSSR count). The van der Waals surface area contributed by atoms with E-state index >= 15 is 0 Å². The van der Waals surface area contributed by atoms with E-state index in [1.807, 2.05) is 36.4 Å². The first-order valence-corrected chi connectivity index (χ1v) is 7.50. The van der Waals surface area contributed by atoms with Gasteiger partial charge in [-0.25, -0.2) is 9.59 Å². The molecular formula is C17H22N2O4. The van der Waals surface area contributed by atoms with Gasteiger partial charge in [0.25, 0.3) is 0 Å². The van der Waals surface area contributed by atoms with Crippen molar-refractivity contribution in [3.8, 4) is 0 Å². The van der Waals surface area contributed by atoms with Crippen molar-refractivity contribution >= 4 is 17.7 Å². The lowest BCUT2D eigenvalue weighted by atomic mass is 10.1. The first-order valence-electron chi connectivity index (χ1n) is 7.50. The Balaban J connectivity index is 2.14. The van der Waals surface area contributed by atoms with E-state index in [0.717, 1.165) is 11.4 Å². The van der Waals surface area contributed by atoms with Gasteiger partial charge in [-0.3, -0.25) is 4.90 Å². The number of hydrogen-bond acceptors (Lipinski definition) is 4. The van der Waals surface area contributed by atoms with Crippen LogP contribution in [0.5, 0.6) is 0 Å². The van der Waals surface area contributed by atoms with Crippen molar-refractivity contribution in [1.29, 1.82) is 0 Å². The Labute approximate surface area is 135 Å². The van der Waals surface area contributed by atoms with E-state index in [0.29, 0.717) is 0 Å². The van der Waals surface area contributed by atoms with E-state index < -0.39 is 23.7 Å². The van der Waals surface area contributed by atoms with Crippen LogP contribution in [0, 0.1) is 0 Å². The molecule has 0 spiro atoms. The molecule has 0 saturated heterocycles. The van der Waals surface area contributed by atoms with Crippen molar-refractivity contribution in [3.63, 3.8) is 0 Å². The third-order valence-electron chi connectivity index (χ3n) is 3.30. The maximum Gasteiger partial charge on any atom is 0.411 e. The quantitative estimate of drug-likeness (QED) is 0.895. The number of anilines is 1. The van der Waals surface area contributed by atoms with E-state index in [4.69, 9.17) is 4.74 Å². The summed E-state index contributed by atoms with van der Waals surface area (Å²) in [7, 11) is 0. The summed E-state index contributed by atoms with van der Waals surface area (Å²) >= 11 is 0. The minimum absolute atomic E-state index is 0.167. The van der Waals surface area contributed by atoms with Gasteiger partial charge in [-0.05, 0) is 39.3 Å². The molecule has 1 aliphatic rings. The lowest BCUT2D eigenvalue weighted by Gasteiger charge is -2.34. The normalized spacial score (nSPS) is 18.1. The first kappa shape index (κ1) is 16.9. The molecule has 0 saturated carbocycles. The monoisotopic (exact) mass is 318 g/mol. The molecule has 1 aromatic rings. The molecule has 23 heavy (non-hydrogen) atoms. The maximum atomic E-state index is 12.3. The van der Waals surface area contributed by atoms with Crippen molar-refractivity contribution in [2.24, 2.45) is 0 Å². The number of hydrogen-bond donors (Lipinski definition) is 2. The number of benzene rings is 1. The van der Waals surface area contributed by atoms with Gasteiger partial charge in [0.2, 0.25) is 0 Å². The number of rotatable bonds is 3. The average molecular weight is 318 g/mol. The molecule has 1 atom stereocenters. The Kier molecular flexibility index (Phi) is 4.93. The van der Waals surface area contributed by atoms with Crippen LogP contribution >= 0.6 is 0 Å². The zero-order valence-corrected chi connectivity index (χ0v) is 13.6. The lowest BCUT2D eigenvalue weighted by Crippen LogP contribution is -2.50. The summed E-state index contributed by atoms with van der Waals surface area (Å²) in [6.07, 6.45) is 1.43. The van der Waals surface area contributed by atoms with Gasteiger partial charge in [0.15, 0.2) is 0 Å². The van der Waals surface area contributed by atoms with Crippen molar-refractivity contribution in [3.05, 3.63) is 42.1 Å². The van der Waals surface area contributed by atoms with Gasteiger partial charge in [-0.15, -0.1) is 0 Å². The van der Waals surface area contributed by atoms with E-state index in [9.17, 15) is 14.7 Å². The van der Waals surface area contributed by atoms with E-state index in [2.05, 4.69) is 5.32 Å². The van der Waals surface area contributed by atoms with Gasteiger partial charge < -0.3 is 15.2 Å². The van der Waals surface area contributed by atoms with Crippen LogP contribution < -0.4 is 5.32 Å². The number of amides is 1. The molecule has 6 heteroatoms. The van der Waals surface area contributed by atoms with E-state index in [-0.39, 0.29) is 13.0 Å². The first-order chi connectivity index (χ1) is 10.8. The molecule has 0 aliphatic carbocycles. The fourth-order valence-corrected chi connectivity index (χ4v) is 2.28. The molecule has 0 fully saturated rings. The predicted molar refractivity (Wildman–Crippen MR) is 87.1 cm³/mol. The summed E-state index contributed by atoms with van der Waals surface area (Å²) in [6, 6.07) is 8.61.